The van der Waals surface area contributed by atoms with Gasteiger partial charge < -0.3 is 9.72 Å². The molecule has 1 aromatic heterocycles. The van der Waals surface area contributed by atoms with E-state index >= 15 is 0 Å². The lowest BCUT2D eigenvalue weighted by molar-refractivity contribution is -0.143. The predicted molar refractivity (Wildman–Crippen MR) is 95.1 cm³/mol. The number of fused-ring (bicyclic) bond motifs is 2. The molecular weight excluding hydrogens is 300 g/mol. The molecule has 0 radical (unpaired) electrons. The topological polar surface area (TPSA) is 45.3 Å². The molecule has 1 aromatic carbocycles. The molecule has 3 atom stereocenters. The number of rotatable bonds is 4. The maximum absolute atomic E-state index is 11.2. The highest BCUT2D eigenvalue weighted by molar-refractivity contribution is 5.88. The molecule has 1 aliphatic heterocycles. The molecule has 4 heteroatoms. The highest BCUT2D eigenvalue weighted by Crippen LogP contribution is 2.44. The van der Waals surface area contributed by atoms with Gasteiger partial charge in [-0.05, 0) is 43.0 Å². The number of aromatic amines is 1. The molecule has 2 aliphatic rings. The van der Waals surface area contributed by atoms with E-state index in [1.165, 1.54) is 29.0 Å². The first kappa shape index (κ1) is 15.7. The van der Waals surface area contributed by atoms with Crippen molar-refractivity contribution in [3.8, 4) is 0 Å². The number of nitrogens with one attached hydrogen (secondary N) is 1. The molecule has 2 aromatic rings. The van der Waals surface area contributed by atoms with E-state index in [0.717, 1.165) is 32.4 Å². The van der Waals surface area contributed by atoms with E-state index in [-0.39, 0.29) is 5.97 Å². The average Bonchev–Trinajstić information content (AvgIpc) is 2.99. The smallest absolute Gasteiger partial charge is 0.302 e. The highest BCUT2D eigenvalue weighted by atomic mass is 16.5. The molecule has 0 amide bonds. The van der Waals surface area contributed by atoms with Crippen molar-refractivity contribution in [2.45, 2.75) is 45.1 Å². The Morgan fingerprint density at radius 2 is 2.29 bits per heavy atom. The summed E-state index contributed by atoms with van der Waals surface area (Å²) in [7, 11) is 0. The van der Waals surface area contributed by atoms with Crippen molar-refractivity contribution in [1.82, 2.24) is 9.88 Å². The summed E-state index contributed by atoms with van der Waals surface area (Å²) < 4.78 is 5.34. The zero-order valence-corrected chi connectivity index (χ0v) is 14.5. The largest absolute Gasteiger partial charge is 0.466 e. The van der Waals surface area contributed by atoms with Crippen LogP contribution in [0.1, 0.15) is 43.7 Å². The van der Waals surface area contributed by atoms with Crippen molar-refractivity contribution in [2.24, 2.45) is 5.92 Å². The summed E-state index contributed by atoms with van der Waals surface area (Å²) in [5.41, 5.74) is 4.19. The van der Waals surface area contributed by atoms with E-state index in [9.17, 15) is 4.79 Å². The van der Waals surface area contributed by atoms with E-state index in [1.54, 1.807) is 0 Å². The molecule has 1 aliphatic carbocycles. The fourth-order valence-electron chi connectivity index (χ4n) is 4.80. The van der Waals surface area contributed by atoms with Crippen molar-refractivity contribution in [1.29, 1.82) is 0 Å². The van der Waals surface area contributed by atoms with Gasteiger partial charge in [0.05, 0.1) is 6.61 Å². The van der Waals surface area contributed by atoms with Crippen LogP contribution in [0.5, 0.6) is 0 Å². The number of carbonyl (C=O) groups excluding carboxylic acids is 1. The lowest BCUT2D eigenvalue weighted by Gasteiger charge is -2.47. The number of hydrogen-bond donors (Lipinski definition) is 1. The van der Waals surface area contributed by atoms with Crippen molar-refractivity contribution >= 4 is 16.9 Å². The molecule has 128 valence electrons. The Morgan fingerprint density at radius 3 is 3.08 bits per heavy atom. The summed E-state index contributed by atoms with van der Waals surface area (Å²) >= 11 is 0. The van der Waals surface area contributed by atoms with Crippen LogP contribution in [0.4, 0.5) is 0 Å². The lowest BCUT2D eigenvalue weighted by Crippen LogP contribution is -2.51. The van der Waals surface area contributed by atoms with E-state index in [1.807, 2.05) is 0 Å². The number of H-pyrrole nitrogens is 1. The van der Waals surface area contributed by atoms with Gasteiger partial charge in [-0.15, -0.1) is 0 Å². The van der Waals surface area contributed by atoms with Crippen molar-refractivity contribution in [3.63, 3.8) is 0 Å². The maximum atomic E-state index is 11.2. The fraction of sp³-hybridized carbons (Fsp3) is 0.550. The van der Waals surface area contributed by atoms with Crippen LogP contribution < -0.4 is 0 Å². The standard InChI is InChI=1S/C20H26N2O2/c1-3-7-22-11-14(12-24-13(2)23)8-17-16-5-4-6-18-20(16)15(10-21-18)9-19(17)22/h4-6,10,14,17,19,21H,3,7-9,11-12H2,1-2H3/t14?,17?,19-/m1/s1. The minimum Gasteiger partial charge on any atom is -0.466 e. The summed E-state index contributed by atoms with van der Waals surface area (Å²) in [6, 6.07) is 7.22. The van der Waals surface area contributed by atoms with Gasteiger partial charge in [0, 0.05) is 48.4 Å². The Hall–Kier alpha value is -1.81. The molecule has 24 heavy (non-hydrogen) atoms. The van der Waals surface area contributed by atoms with Crippen molar-refractivity contribution in [3.05, 3.63) is 35.5 Å². The zero-order valence-electron chi connectivity index (χ0n) is 14.5. The number of likely N-dealkylation sites (tertiary alicyclic amines) is 1. The van der Waals surface area contributed by atoms with Gasteiger partial charge in [-0.2, -0.15) is 0 Å². The molecule has 1 N–H and O–H groups in total. The van der Waals surface area contributed by atoms with Crippen LogP contribution in [0.3, 0.4) is 0 Å². The second kappa shape index (κ2) is 6.25. The highest BCUT2D eigenvalue weighted by Gasteiger charge is 2.40. The van der Waals surface area contributed by atoms with Crippen LogP contribution in [0.25, 0.3) is 10.9 Å². The van der Waals surface area contributed by atoms with E-state index in [2.05, 4.69) is 41.2 Å². The molecular formula is C20H26N2O2. The third-order valence-corrected chi connectivity index (χ3v) is 5.69. The van der Waals surface area contributed by atoms with Crippen LogP contribution in [-0.4, -0.2) is 41.6 Å². The van der Waals surface area contributed by atoms with Gasteiger partial charge in [-0.3, -0.25) is 9.69 Å². The molecule has 1 fully saturated rings. The Labute approximate surface area is 143 Å². The first-order valence-corrected chi connectivity index (χ1v) is 9.13. The monoisotopic (exact) mass is 326 g/mol. The molecule has 0 bridgehead atoms. The van der Waals surface area contributed by atoms with Crippen LogP contribution in [0, 0.1) is 5.92 Å². The number of nitrogens with zero attached hydrogens (tertiary/aromatic N) is 1. The quantitative estimate of drug-likeness (QED) is 0.875. The summed E-state index contributed by atoms with van der Waals surface area (Å²) in [5, 5.41) is 1.43. The first-order chi connectivity index (χ1) is 11.7. The third kappa shape index (κ3) is 2.63. The van der Waals surface area contributed by atoms with Gasteiger partial charge in [0.2, 0.25) is 0 Å². The second-order valence-corrected chi connectivity index (χ2v) is 7.36. The van der Waals surface area contributed by atoms with Gasteiger partial charge in [-0.25, -0.2) is 0 Å². The van der Waals surface area contributed by atoms with Gasteiger partial charge in [0.1, 0.15) is 0 Å². The van der Waals surface area contributed by atoms with E-state index in [4.69, 9.17) is 4.74 Å². The molecule has 1 saturated heterocycles. The summed E-state index contributed by atoms with van der Waals surface area (Å²) in [4.78, 5) is 17.3. The normalized spacial score (nSPS) is 26.3. The van der Waals surface area contributed by atoms with Crippen molar-refractivity contribution < 1.29 is 9.53 Å². The number of piperidine rings is 1. The predicted octanol–water partition coefficient (Wildman–Crippen LogP) is 3.47. The molecule has 0 spiro atoms. The number of esters is 1. The number of hydrogen-bond acceptors (Lipinski definition) is 3. The Morgan fingerprint density at radius 1 is 1.42 bits per heavy atom. The molecule has 4 rings (SSSR count). The second-order valence-electron chi connectivity index (χ2n) is 7.36. The Kier molecular flexibility index (Phi) is 4.09. The Balaban J connectivity index is 1.68. The first-order valence-electron chi connectivity index (χ1n) is 9.13. The third-order valence-electron chi connectivity index (χ3n) is 5.69. The summed E-state index contributed by atoms with van der Waals surface area (Å²) in [5.74, 6) is 0.799. The van der Waals surface area contributed by atoms with Crippen LogP contribution in [0.2, 0.25) is 0 Å². The van der Waals surface area contributed by atoms with E-state index in [0.29, 0.717) is 24.5 Å². The summed E-state index contributed by atoms with van der Waals surface area (Å²) in [6.45, 7) is 6.46. The Bertz CT molecular complexity index is 751. The van der Waals surface area contributed by atoms with Crippen LogP contribution in [0.15, 0.2) is 24.4 Å². The molecule has 2 heterocycles. The van der Waals surface area contributed by atoms with Gasteiger partial charge in [-0.1, -0.05) is 19.1 Å². The average molecular weight is 326 g/mol. The number of benzene rings is 1. The molecule has 2 unspecified atom stereocenters. The fourth-order valence-corrected chi connectivity index (χ4v) is 4.80. The van der Waals surface area contributed by atoms with E-state index < -0.39 is 0 Å². The lowest BCUT2D eigenvalue weighted by atomic mass is 9.72. The van der Waals surface area contributed by atoms with Crippen LogP contribution in [-0.2, 0) is 16.0 Å². The number of carbonyl (C=O) groups is 1. The maximum Gasteiger partial charge on any atom is 0.302 e. The van der Waals surface area contributed by atoms with Gasteiger partial charge in [0.15, 0.2) is 0 Å². The number of aromatic nitrogens is 1. The van der Waals surface area contributed by atoms with Crippen LogP contribution >= 0.6 is 0 Å². The summed E-state index contributed by atoms with van der Waals surface area (Å²) in [6.07, 6.45) is 5.59. The van der Waals surface area contributed by atoms with Crippen molar-refractivity contribution in [2.75, 3.05) is 19.7 Å². The zero-order chi connectivity index (χ0) is 16.7. The minimum absolute atomic E-state index is 0.169. The van der Waals surface area contributed by atoms with Gasteiger partial charge in [0.25, 0.3) is 0 Å². The minimum atomic E-state index is -0.169. The molecule has 0 saturated carbocycles. The molecule has 4 nitrogen and oxygen atoms in total. The SMILES string of the molecule is CCCN1CC(COC(C)=O)CC2c3cccc4[nH]cc(c34)C[C@H]21. The van der Waals surface area contributed by atoms with Gasteiger partial charge >= 0.3 is 5.97 Å². The number of ether oxygens (including phenoxy) is 1.